The zero-order valence-electron chi connectivity index (χ0n) is 30.4. The van der Waals surface area contributed by atoms with Crippen molar-refractivity contribution in [1.82, 2.24) is 36.6 Å². The molecule has 2 aromatic carbocycles. The summed E-state index contributed by atoms with van der Waals surface area (Å²) in [6.45, 7) is 1.75. The van der Waals surface area contributed by atoms with Crippen molar-refractivity contribution in [3.63, 3.8) is 0 Å². The summed E-state index contributed by atoms with van der Waals surface area (Å²) in [5, 5.41) is 33.8. The van der Waals surface area contributed by atoms with Gasteiger partial charge in [-0.2, -0.15) is 0 Å². The van der Waals surface area contributed by atoms with E-state index < -0.39 is 90.7 Å². The molecule has 55 heavy (non-hydrogen) atoms. The van der Waals surface area contributed by atoms with Crippen molar-refractivity contribution in [2.24, 2.45) is 17.4 Å². The van der Waals surface area contributed by atoms with Crippen LogP contribution in [0, 0.1) is 5.92 Å². The van der Waals surface area contributed by atoms with Crippen LogP contribution in [0.5, 0.6) is 0 Å². The monoisotopic (exact) mass is 761 g/mol. The van der Waals surface area contributed by atoms with Gasteiger partial charge in [0, 0.05) is 53.5 Å². The minimum atomic E-state index is -1.57. The number of carboxylic acids is 1. The summed E-state index contributed by atoms with van der Waals surface area (Å²) < 4.78 is 0. The normalized spacial score (nSPS) is 14.0. The fourth-order valence-electron chi connectivity index (χ4n) is 5.94. The first-order valence-electron chi connectivity index (χ1n) is 17.6. The van der Waals surface area contributed by atoms with Crippen molar-refractivity contribution in [3.05, 3.63) is 72.1 Å². The van der Waals surface area contributed by atoms with Crippen LogP contribution < -0.4 is 38.1 Å². The van der Waals surface area contributed by atoms with Crippen LogP contribution in [0.1, 0.15) is 37.8 Å². The highest BCUT2D eigenvalue weighted by molar-refractivity contribution is 5.97. The van der Waals surface area contributed by atoms with Gasteiger partial charge in [-0.25, -0.2) is 4.79 Å². The molecule has 0 fully saturated rings. The number of aliphatic hydroxyl groups excluding tert-OH is 1. The second-order valence-electron chi connectivity index (χ2n) is 13.5. The van der Waals surface area contributed by atoms with E-state index in [-0.39, 0.29) is 25.7 Å². The van der Waals surface area contributed by atoms with E-state index in [0.717, 1.165) is 21.8 Å². The average Bonchev–Trinajstić information content (AvgIpc) is 3.76. The van der Waals surface area contributed by atoms with Crippen molar-refractivity contribution < 1.29 is 43.8 Å². The number of aromatic nitrogens is 2. The second kappa shape index (κ2) is 19.2. The number of para-hydroxylation sites is 2. The molecule has 0 saturated carbocycles. The quantitative estimate of drug-likeness (QED) is 0.0512. The van der Waals surface area contributed by atoms with Gasteiger partial charge in [0.1, 0.15) is 24.2 Å². The van der Waals surface area contributed by atoms with Crippen molar-refractivity contribution in [2.45, 2.75) is 69.7 Å². The van der Waals surface area contributed by atoms with Gasteiger partial charge in [0.25, 0.3) is 0 Å². The predicted octanol–water partition coefficient (Wildman–Crippen LogP) is -1.18. The fourth-order valence-corrected chi connectivity index (χ4v) is 5.94. The Morgan fingerprint density at radius 1 is 0.709 bits per heavy atom. The number of amides is 6. The van der Waals surface area contributed by atoms with E-state index in [1.165, 1.54) is 0 Å². The van der Waals surface area contributed by atoms with Gasteiger partial charge in [-0.1, -0.05) is 50.2 Å². The Hall–Kier alpha value is -6.27. The molecule has 6 amide bonds. The number of hydrogen-bond donors (Lipinski definition) is 11. The largest absolute Gasteiger partial charge is 0.480 e. The first-order valence-corrected chi connectivity index (χ1v) is 17.6. The molecule has 4 aromatic rings. The summed E-state index contributed by atoms with van der Waals surface area (Å²) in [7, 11) is 0. The van der Waals surface area contributed by atoms with E-state index in [1.54, 1.807) is 32.3 Å². The number of aliphatic carboxylic acids is 1. The topological polar surface area (TPSA) is 304 Å². The number of nitrogens with two attached hydrogens (primary N) is 2. The fraction of sp³-hybridized carbons (Fsp3) is 0.378. The number of carbonyl (C=O) groups is 7. The number of carbonyl (C=O) groups excluding carboxylic acids is 6. The minimum absolute atomic E-state index is 0.0486. The smallest absolute Gasteiger partial charge is 0.326 e. The van der Waals surface area contributed by atoms with E-state index in [9.17, 15) is 43.8 Å². The number of primary amides is 1. The first-order chi connectivity index (χ1) is 26.2. The number of aliphatic hydroxyl groups is 1. The Morgan fingerprint density at radius 2 is 1.20 bits per heavy atom. The van der Waals surface area contributed by atoms with Gasteiger partial charge < -0.3 is 58.2 Å². The lowest BCUT2D eigenvalue weighted by atomic mass is 10.00. The Labute approximate surface area is 315 Å². The predicted molar refractivity (Wildman–Crippen MR) is 201 cm³/mol. The molecular formula is C37H47N9O9. The molecule has 2 aromatic heterocycles. The maximum Gasteiger partial charge on any atom is 0.326 e. The highest BCUT2D eigenvalue weighted by Crippen LogP contribution is 2.21. The van der Waals surface area contributed by atoms with Crippen molar-refractivity contribution in [1.29, 1.82) is 0 Å². The molecule has 0 aliphatic carbocycles. The van der Waals surface area contributed by atoms with E-state index in [1.807, 2.05) is 42.5 Å². The molecule has 0 radical (unpaired) electrons. The number of rotatable bonds is 20. The molecule has 0 bridgehead atoms. The molecule has 5 atom stereocenters. The molecular weight excluding hydrogens is 714 g/mol. The van der Waals surface area contributed by atoms with Crippen LogP contribution in [0.3, 0.4) is 0 Å². The minimum Gasteiger partial charge on any atom is -0.480 e. The zero-order valence-corrected chi connectivity index (χ0v) is 30.4. The van der Waals surface area contributed by atoms with Gasteiger partial charge in [-0.3, -0.25) is 28.8 Å². The Kier molecular flexibility index (Phi) is 14.5. The molecule has 4 rings (SSSR count). The third-order valence-corrected chi connectivity index (χ3v) is 8.99. The molecule has 18 heteroatoms. The lowest BCUT2D eigenvalue weighted by Crippen LogP contribution is -2.59. The van der Waals surface area contributed by atoms with E-state index in [4.69, 9.17) is 11.5 Å². The van der Waals surface area contributed by atoms with Crippen LogP contribution in [0.15, 0.2) is 60.9 Å². The van der Waals surface area contributed by atoms with Gasteiger partial charge >= 0.3 is 5.97 Å². The summed E-state index contributed by atoms with van der Waals surface area (Å²) >= 11 is 0. The van der Waals surface area contributed by atoms with Crippen LogP contribution in [0.4, 0.5) is 0 Å². The number of hydrogen-bond acceptors (Lipinski definition) is 9. The Balaban J connectivity index is 1.57. The van der Waals surface area contributed by atoms with Crippen LogP contribution in [0.2, 0.25) is 0 Å². The highest BCUT2D eigenvalue weighted by atomic mass is 16.4. The van der Waals surface area contributed by atoms with Crippen LogP contribution >= 0.6 is 0 Å². The lowest BCUT2D eigenvalue weighted by molar-refractivity contribution is -0.143. The maximum atomic E-state index is 14.2. The van der Waals surface area contributed by atoms with Gasteiger partial charge in [-0.15, -0.1) is 0 Å². The van der Waals surface area contributed by atoms with E-state index >= 15 is 0 Å². The Morgan fingerprint density at radius 3 is 1.67 bits per heavy atom. The molecule has 0 aliphatic heterocycles. The number of benzene rings is 2. The molecule has 294 valence electrons. The lowest BCUT2D eigenvalue weighted by Gasteiger charge is -2.26. The van der Waals surface area contributed by atoms with Gasteiger partial charge in [-0.05, 0) is 35.6 Å². The standard InChI is InChI=1S/C37H47N9O9/c1-19(2)32(37(54)55)46-35(52)28(14-21-16-41-26-10-6-4-8-23(21)26)44-34(51)27(13-20-15-40-25-9-5-3-7-22(20)25)45-36(53)29(18-47)43-31(49)17-42-33(50)24(38)11-12-30(39)48/h3-10,15-16,19,24,27-29,32,40-41,47H,11-14,17-18,38H2,1-2H3,(H2,39,48)(H,42,50)(H,43,49)(H,44,51)(H,45,53)(H,46,52)(H,54,55)/t24-,27-,28-,29-,32-/m0/s1. The van der Waals surface area contributed by atoms with Crippen LogP contribution in [0.25, 0.3) is 21.8 Å². The third kappa shape index (κ3) is 11.4. The number of fused-ring (bicyclic) bond motifs is 2. The maximum absolute atomic E-state index is 14.2. The highest BCUT2D eigenvalue weighted by Gasteiger charge is 2.33. The number of nitrogens with one attached hydrogen (secondary N) is 7. The molecule has 0 spiro atoms. The Bertz CT molecular complexity index is 2020. The molecule has 18 nitrogen and oxygen atoms in total. The van der Waals surface area contributed by atoms with E-state index in [2.05, 4.69) is 36.6 Å². The second-order valence-corrected chi connectivity index (χ2v) is 13.5. The van der Waals surface area contributed by atoms with E-state index in [0.29, 0.717) is 11.1 Å². The van der Waals surface area contributed by atoms with Gasteiger partial charge in [0.15, 0.2) is 0 Å². The molecule has 2 heterocycles. The number of H-pyrrole nitrogens is 2. The van der Waals surface area contributed by atoms with Gasteiger partial charge in [0.05, 0.1) is 19.2 Å². The zero-order chi connectivity index (χ0) is 40.2. The molecule has 0 aliphatic rings. The summed E-state index contributed by atoms with van der Waals surface area (Å²) in [5.74, 6) is -6.54. The van der Waals surface area contributed by atoms with Crippen molar-refractivity contribution in [2.75, 3.05) is 13.2 Å². The van der Waals surface area contributed by atoms with Crippen molar-refractivity contribution in [3.8, 4) is 0 Å². The summed E-state index contributed by atoms with van der Waals surface area (Å²) in [6, 6.07) is 7.92. The van der Waals surface area contributed by atoms with Crippen LogP contribution in [-0.2, 0) is 46.4 Å². The summed E-state index contributed by atoms with van der Waals surface area (Å²) in [5.41, 5.74) is 13.6. The van der Waals surface area contributed by atoms with Gasteiger partial charge in [0.2, 0.25) is 35.4 Å². The molecule has 0 saturated heterocycles. The third-order valence-electron chi connectivity index (χ3n) is 8.99. The van der Waals surface area contributed by atoms with Crippen molar-refractivity contribution >= 4 is 63.2 Å². The number of carboxylic acid groups (broad SMARTS) is 1. The summed E-state index contributed by atoms with van der Waals surface area (Å²) in [4.78, 5) is 95.6. The number of aromatic amines is 2. The average molecular weight is 762 g/mol. The SMILES string of the molecule is CC(C)[C@H](NC(=O)[C@H](Cc1c[nH]c2ccccc12)NC(=O)[C@H](Cc1c[nH]c2ccccc12)NC(=O)[C@H](CO)NC(=O)CNC(=O)[C@@H](N)CCC(N)=O)C(=O)O. The first kappa shape index (κ1) is 41.5. The van der Waals surface area contributed by atoms with Crippen LogP contribution in [-0.4, -0.2) is 105 Å². The molecule has 0 unspecified atom stereocenters. The summed E-state index contributed by atoms with van der Waals surface area (Å²) in [6.07, 6.45) is 3.01. The molecule has 13 N–H and O–H groups in total.